The molecule has 4 aromatic carbocycles. The van der Waals surface area contributed by atoms with E-state index < -0.39 is 10.0 Å². The second-order valence-electron chi connectivity index (χ2n) is 7.39. The van der Waals surface area contributed by atoms with Crippen molar-refractivity contribution in [1.82, 2.24) is 4.98 Å². The quantitative estimate of drug-likeness (QED) is 0.309. The molecular formula is C26H20N2O3S2. The van der Waals surface area contributed by atoms with Gasteiger partial charge in [0.05, 0.1) is 27.9 Å². The molecule has 0 unspecified atom stereocenters. The molecule has 5 nitrogen and oxygen atoms in total. The fourth-order valence-electron chi connectivity index (χ4n) is 3.56. The minimum Gasteiger partial charge on any atom is -0.497 e. The number of aromatic nitrogens is 1. The summed E-state index contributed by atoms with van der Waals surface area (Å²) in [7, 11) is -2.15. The van der Waals surface area contributed by atoms with Crippen molar-refractivity contribution in [2.24, 2.45) is 0 Å². The van der Waals surface area contributed by atoms with E-state index in [1.165, 1.54) is 11.3 Å². The fourth-order valence-corrected chi connectivity index (χ4v) is 5.64. The normalized spacial score (nSPS) is 11.4. The molecule has 33 heavy (non-hydrogen) atoms. The molecule has 164 valence electrons. The number of para-hydroxylation sites is 2. The third kappa shape index (κ3) is 4.33. The summed E-state index contributed by atoms with van der Waals surface area (Å²) in [5.41, 5.74) is 4.04. The van der Waals surface area contributed by atoms with Crippen LogP contribution in [0.4, 0.5) is 5.69 Å². The van der Waals surface area contributed by atoms with E-state index in [-0.39, 0.29) is 4.90 Å². The maximum atomic E-state index is 13.1. The summed E-state index contributed by atoms with van der Waals surface area (Å²) in [6, 6.07) is 29.6. The van der Waals surface area contributed by atoms with Crippen molar-refractivity contribution in [3.8, 4) is 27.4 Å². The number of anilines is 1. The van der Waals surface area contributed by atoms with Crippen LogP contribution in [0.3, 0.4) is 0 Å². The number of hydrogen-bond donors (Lipinski definition) is 1. The van der Waals surface area contributed by atoms with Crippen LogP contribution in [0.15, 0.2) is 102 Å². The number of benzene rings is 4. The van der Waals surface area contributed by atoms with Crippen LogP contribution >= 0.6 is 11.3 Å². The molecule has 0 atom stereocenters. The van der Waals surface area contributed by atoms with Gasteiger partial charge < -0.3 is 4.74 Å². The molecular weight excluding hydrogens is 452 g/mol. The molecule has 5 aromatic rings. The van der Waals surface area contributed by atoms with Crippen LogP contribution in [0.25, 0.3) is 31.9 Å². The lowest BCUT2D eigenvalue weighted by Gasteiger charge is -2.12. The first-order chi connectivity index (χ1) is 16.0. The van der Waals surface area contributed by atoms with Crippen LogP contribution in [0.2, 0.25) is 0 Å². The summed E-state index contributed by atoms with van der Waals surface area (Å²) >= 11 is 1.53. The summed E-state index contributed by atoms with van der Waals surface area (Å²) in [4.78, 5) is 4.87. The van der Waals surface area contributed by atoms with E-state index in [0.717, 1.165) is 37.7 Å². The molecule has 0 saturated heterocycles. The predicted octanol–water partition coefficient (Wildman–Crippen LogP) is 6.44. The molecule has 0 aliphatic heterocycles. The zero-order chi connectivity index (χ0) is 22.8. The van der Waals surface area contributed by atoms with Gasteiger partial charge in [-0.25, -0.2) is 13.4 Å². The van der Waals surface area contributed by atoms with Gasteiger partial charge in [-0.3, -0.25) is 4.72 Å². The van der Waals surface area contributed by atoms with E-state index in [0.29, 0.717) is 5.69 Å². The van der Waals surface area contributed by atoms with E-state index in [1.807, 2.05) is 60.7 Å². The predicted molar refractivity (Wildman–Crippen MR) is 134 cm³/mol. The van der Waals surface area contributed by atoms with E-state index in [4.69, 9.17) is 4.74 Å². The molecule has 7 heteroatoms. The number of rotatable bonds is 6. The third-order valence-corrected chi connectivity index (χ3v) is 7.73. The lowest BCUT2D eigenvalue weighted by atomic mass is 10.1. The average molecular weight is 473 g/mol. The van der Waals surface area contributed by atoms with Gasteiger partial charge in [0.1, 0.15) is 10.8 Å². The summed E-state index contributed by atoms with van der Waals surface area (Å²) in [6.07, 6.45) is 0. The smallest absolute Gasteiger partial charge is 0.261 e. The van der Waals surface area contributed by atoms with E-state index in [2.05, 4.69) is 9.71 Å². The monoisotopic (exact) mass is 472 g/mol. The average Bonchev–Trinajstić information content (AvgIpc) is 3.28. The molecule has 0 radical (unpaired) electrons. The van der Waals surface area contributed by atoms with Crippen molar-refractivity contribution in [1.29, 1.82) is 0 Å². The molecule has 0 aliphatic rings. The zero-order valence-electron chi connectivity index (χ0n) is 17.7. The van der Waals surface area contributed by atoms with Crippen LogP contribution in [0.5, 0.6) is 5.75 Å². The number of nitrogens with one attached hydrogen (secondary N) is 1. The lowest BCUT2D eigenvalue weighted by Crippen LogP contribution is -2.13. The van der Waals surface area contributed by atoms with Crippen LogP contribution in [0.1, 0.15) is 0 Å². The highest BCUT2D eigenvalue weighted by Crippen LogP contribution is 2.35. The molecule has 0 aliphatic carbocycles. The van der Waals surface area contributed by atoms with E-state index >= 15 is 0 Å². The van der Waals surface area contributed by atoms with Crippen LogP contribution in [-0.2, 0) is 10.0 Å². The Morgan fingerprint density at radius 2 is 1.42 bits per heavy atom. The van der Waals surface area contributed by atoms with Crippen molar-refractivity contribution in [2.45, 2.75) is 4.90 Å². The summed E-state index contributed by atoms with van der Waals surface area (Å²) in [5.74, 6) is 0.772. The second-order valence-corrected chi connectivity index (χ2v) is 10.1. The Balaban J connectivity index is 1.43. The molecule has 1 heterocycles. The Bertz CT molecular complexity index is 1490. The Kier molecular flexibility index (Phi) is 5.58. The third-order valence-electron chi connectivity index (χ3n) is 5.28. The van der Waals surface area contributed by atoms with Gasteiger partial charge >= 0.3 is 0 Å². The molecule has 1 N–H and O–H groups in total. The van der Waals surface area contributed by atoms with Crippen molar-refractivity contribution >= 4 is 37.3 Å². The Labute approximate surface area is 196 Å². The lowest BCUT2D eigenvalue weighted by molar-refractivity contribution is 0.415. The van der Waals surface area contributed by atoms with Gasteiger partial charge in [0.15, 0.2) is 0 Å². The van der Waals surface area contributed by atoms with Gasteiger partial charge in [-0.05, 0) is 59.7 Å². The number of hydrogen-bond acceptors (Lipinski definition) is 5. The van der Waals surface area contributed by atoms with Gasteiger partial charge in [-0.2, -0.15) is 0 Å². The van der Waals surface area contributed by atoms with Gasteiger partial charge in [0.25, 0.3) is 10.0 Å². The maximum absolute atomic E-state index is 13.1. The Hall–Kier alpha value is -3.68. The number of methoxy groups -OCH3 is 1. The minimum atomic E-state index is -3.78. The Morgan fingerprint density at radius 1 is 0.788 bits per heavy atom. The van der Waals surface area contributed by atoms with Crippen LogP contribution in [0, 0.1) is 0 Å². The van der Waals surface area contributed by atoms with Crippen molar-refractivity contribution in [3.63, 3.8) is 0 Å². The van der Waals surface area contributed by atoms with Gasteiger partial charge in [-0.1, -0.05) is 48.5 Å². The standard InChI is InChI=1S/C26H20N2O3S2/c1-31-20-14-10-18(11-15-20)19-12-16-21(17-13-19)33(29,30)28-23-7-3-2-6-22(23)26-27-24-8-4-5-9-25(24)32-26/h2-17,28H,1H3. The first kappa shape index (κ1) is 21.2. The number of ether oxygens (including phenoxy) is 1. The molecule has 0 saturated carbocycles. The van der Waals surface area contributed by atoms with Gasteiger partial charge in [0.2, 0.25) is 0 Å². The highest BCUT2D eigenvalue weighted by atomic mass is 32.2. The van der Waals surface area contributed by atoms with E-state index in [9.17, 15) is 8.42 Å². The van der Waals surface area contributed by atoms with Crippen LogP contribution in [-0.4, -0.2) is 20.5 Å². The summed E-state index contributed by atoms with van der Waals surface area (Å²) < 4.78 is 35.3. The minimum absolute atomic E-state index is 0.193. The van der Waals surface area contributed by atoms with Gasteiger partial charge in [-0.15, -0.1) is 11.3 Å². The largest absolute Gasteiger partial charge is 0.497 e. The number of fused-ring (bicyclic) bond motifs is 1. The highest BCUT2D eigenvalue weighted by molar-refractivity contribution is 7.92. The molecule has 0 fully saturated rings. The maximum Gasteiger partial charge on any atom is 0.261 e. The van der Waals surface area contributed by atoms with Crippen LogP contribution < -0.4 is 9.46 Å². The molecule has 0 spiro atoms. The summed E-state index contributed by atoms with van der Waals surface area (Å²) in [6.45, 7) is 0. The number of thiazole rings is 1. The van der Waals surface area contributed by atoms with E-state index in [1.54, 1.807) is 43.5 Å². The highest BCUT2D eigenvalue weighted by Gasteiger charge is 2.18. The molecule has 0 amide bonds. The molecule has 5 rings (SSSR count). The van der Waals surface area contributed by atoms with Crippen molar-refractivity contribution < 1.29 is 13.2 Å². The second kappa shape index (κ2) is 8.69. The Morgan fingerprint density at radius 3 is 2.12 bits per heavy atom. The first-order valence-electron chi connectivity index (χ1n) is 10.3. The van der Waals surface area contributed by atoms with Crippen molar-refractivity contribution in [2.75, 3.05) is 11.8 Å². The molecule has 1 aromatic heterocycles. The summed E-state index contributed by atoms with van der Waals surface area (Å²) in [5, 5.41) is 0.768. The van der Waals surface area contributed by atoms with Gasteiger partial charge in [0, 0.05) is 5.56 Å². The zero-order valence-corrected chi connectivity index (χ0v) is 19.4. The molecule has 0 bridgehead atoms. The SMILES string of the molecule is COc1ccc(-c2ccc(S(=O)(=O)Nc3ccccc3-c3nc4ccccc4s3)cc2)cc1. The number of nitrogens with zero attached hydrogens (tertiary/aromatic N) is 1. The number of sulfonamides is 1. The van der Waals surface area contributed by atoms with Crippen molar-refractivity contribution in [3.05, 3.63) is 97.1 Å². The topological polar surface area (TPSA) is 68.3 Å². The fraction of sp³-hybridized carbons (Fsp3) is 0.0385. The first-order valence-corrected chi connectivity index (χ1v) is 12.6.